The lowest BCUT2D eigenvalue weighted by Crippen LogP contribution is -2.41. The van der Waals surface area contributed by atoms with E-state index in [1.807, 2.05) is 71.3 Å². The molecule has 1 aromatic heterocycles. The fourth-order valence-corrected chi connectivity index (χ4v) is 4.50. The molecule has 0 spiro atoms. The van der Waals surface area contributed by atoms with Crippen molar-refractivity contribution in [1.29, 1.82) is 0 Å². The van der Waals surface area contributed by atoms with E-state index in [1.165, 1.54) is 0 Å². The number of aromatic nitrogens is 2. The molecule has 1 amide bonds. The van der Waals surface area contributed by atoms with Crippen LogP contribution >= 0.6 is 0 Å². The maximum atomic E-state index is 12.7. The molecular weight excluding hydrogens is 376 g/mol. The predicted molar refractivity (Wildman–Crippen MR) is 120 cm³/mol. The zero-order valence-electron chi connectivity index (χ0n) is 16.7. The molecule has 6 nitrogen and oxygen atoms in total. The number of benzene rings is 3. The van der Waals surface area contributed by atoms with Crippen molar-refractivity contribution in [3.05, 3.63) is 77.2 Å². The number of hydrogen-bond acceptors (Lipinski definition) is 3. The van der Waals surface area contributed by atoms with Gasteiger partial charge < -0.3 is 10.3 Å². The summed E-state index contributed by atoms with van der Waals surface area (Å²) in [4.78, 5) is 30.2. The first-order chi connectivity index (χ1) is 14.7. The van der Waals surface area contributed by atoms with Gasteiger partial charge in [0.2, 0.25) is 5.91 Å². The summed E-state index contributed by atoms with van der Waals surface area (Å²) < 4.78 is 1.88. The molecule has 1 fully saturated rings. The van der Waals surface area contributed by atoms with E-state index in [2.05, 4.69) is 15.2 Å². The Kier molecular flexibility index (Phi) is 4.85. The third kappa shape index (κ3) is 3.50. The van der Waals surface area contributed by atoms with Gasteiger partial charge in [-0.05, 0) is 36.4 Å². The van der Waals surface area contributed by atoms with Crippen LogP contribution in [0.1, 0.15) is 18.9 Å². The molecule has 0 unspecified atom stereocenters. The number of rotatable bonds is 4. The lowest BCUT2D eigenvalue weighted by molar-refractivity contribution is -0.117. The van der Waals surface area contributed by atoms with Crippen molar-refractivity contribution in [1.82, 2.24) is 14.5 Å². The van der Waals surface area contributed by atoms with Crippen LogP contribution < -0.4 is 11.0 Å². The first kappa shape index (κ1) is 18.6. The molecular formula is C24H24N4O2. The third-order valence-electron chi connectivity index (χ3n) is 5.98. The number of hydrogen-bond donors (Lipinski definition) is 2. The number of nitrogens with one attached hydrogen (secondary N) is 2. The summed E-state index contributed by atoms with van der Waals surface area (Å²) in [6.45, 7) is 1.94. The number of H-pyrrole nitrogens is 1. The highest BCUT2D eigenvalue weighted by Crippen LogP contribution is 2.25. The molecule has 0 atom stereocenters. The monoisotopic (exact) mass is 400 g/mol. The first-order valence-corrected chi connectivity index (χ1v) is 10.4. The van der Waals surface area contributed by atoms with Gasteiger partial charge in [-0.1, -0.05) is 48.5 Å². The van der Waals surface area contributed by atoms with Gasteiger partial charge in [0, 0.05) is 30.2 Å². The number of imidazole rings is 1. The summed E-state index contributed by atoms with van der Waals surface area (Å²) in [5.74, 6) is -0.00550. The zero-order valence-corrected chi connectivity index (χ0v) is 16.7. The number of likely N-dealkylation sites (tertiary alicyclic amines) is 1. The number of carbonyl (C=O) groups is 1. The molecule has 1 saturated heterocycles. The van der Waals surface area contributed by atoms with Gasteiger partial charge in [-0.25, -0.2) is 4.79 Å². The molecule has 6 heteroatoms. The van der Waals surface area contributed by atoms with Crippen molar-refractivity contribution in [2.45, 2.75) is 18.9 Å². The van der Waals surface area contributed by atoms with Crippen molar-refractivity contribution in [2.24, 2.45) is 0 Å². The van der Waals surface area contributed by atoms with E-state index in [-0.39, 0.29) is 17.6 Å². The van der Waals surface area contributed by atoms with Gasteiger partial charge >= 0.3 is 5.69 Å². The van der Waals surface area contributed by atoms with Crippen molar-refractivity contribution < 1.29 is 4.79 Å². The van der Waals surface area contributed by atoms with Crippen LogP contribution in [0.2, 0.25) is 0 Å². The number of nitrogens with zero attached hydrogens (tertiary/aromatic N) is 2. The molecule has 1 aliphatic heterocycles. The predicted octanol–water partition coefficient (Wildman–Crippen LogP) is 3.76. The second-order valence-electron chi connectivity index (χ2n) is 7.90. The summed E-state index contributed by atoms with van der Waals surface area (Å²) in [5.41, 5.74) is 2.62. The Bertz CT molecular complexity index is 1260. The van der Waals surface area contributed by atoms with Gasteiger partial charge in [0.05, 0.1) is 17.6 Å². The molecule has 0 bridgehead atoms. The van der Waals surface area contributed by atoms with Crippen LogP contribution in [0.25, 0.3) is 21.8 Å². The molecule has 0 radical (unpaired) electrons. The van der Waals surface area contributed by atoms with Gasteiger partial charge in [-0.2, -0.15) is 0 Å². The number of amides is 1. The fourth-order valence-electron chi connectivity index (χ4n) is 4.50. The minimum atomic E-state index is -0.0525. The van der Waals surface area contributed by atoms with Gasteiger partial charge in [-0.15, -0.1) is 0 Å². The van der Waals surface area contributed by atoms with Crippen molar-refractivity contribution in [3.63, 3.8) is 0 Å². The molecule has 2 N–H and O–H groups in total. The summed E-state index contributed by atoms with van der Waals surface area (Å²) in [6, 6.07) is 22.0. The summed E-state index contributed by atoms with van der Waals surface area (Å²) in [6.07, 6.45) is 1.70. The van der Waals surface area contributed by atoms with E-state index in [1.54, 1.807) is 0 Å². The Morgan fingerprint density at radius 2 is 1.70 bits per heavy atom. The van der Waals surface area contributed by atoms with E-state index in [0.717, 1.165) is 53.4 Å². The normalized spacial score (nSPS) is 15.6. The smallest absolute Gasteiger partial charge is 0.324 e. The average Bonchev–Trinajstić information content (AvgIpc) is 3.10. The third-order valence-corrected chi connectivity index (χ3v) is 5.98. The highest BCUT2D eigenvalue weighted by molar-refractivity contribution is 6.02. The van der Waals surface area contributed by atoms with Crippen molar-refractivity contribution >= 4 is 33.4 Å². The molecule has 2 heterocycles. The van der Waals surface area contributed by atoms with E-state index in [0.29, 0.717) is 6.54 Å². The molecule has 3 aromatic carbocycles. The standard InChI is InChI=1S/C24H24N4O2/c29-23(25-20-10-5-7-17-6-1-2-8-19(17)20)16-27-14-12-18(13-15-27)28-22-11-4-3-9-21(22)26-24(28)30/h1-11,18H,12-16H2,(H,25,29)(H,26,30). The second-order valence-corrected chi connectivity index (χ2v) is 7.90. The Morgan fingerprint density at radius 3 is 2.57 bits per heavy atom. The van der Waals surface area contributed by atoms with Gasteiger partial charge in [0.25, 0.3) is 0 Å². The number of fused-ring (bicyclic) bond motifs is 2. The van der Waals surface area contributed by atoms with E-state index < -0.39 is 0 Å². The fraction of sp³-hybridized carbons (Fsp3) is 0.250. The highest BCUT2D eigenvalue weighted by Gasteiger charge is 2.24. The zero-order chi connectivity index (χ0) is 20.5. The van der Waals surface area contributed by atoms with Gasteiger partial charge in [0.15, 0.2) is 0 Å². The molecule has 0 aliphatic carbocycles. The maximum Gasteiger partial charge on any atom is 0.326 e. The quantitative estimate of drug-likeness (QED) is 0.548. The van der Waals surface area contributed by atoms with Crippen molar-refractivity contribution in [3.8, 4) is 0 Å². The van der Waals surface area contributed by atoms with E-state index in [4.69, 9.17) is 0 Å². The minimum absolute atomic E-state index is 0.00550. The Morgan fingerprint density at radius 1 is 0.967 bits per heavy atom. The van der Waals surface area contributed by atoms with E-state index in [9.17, 15) is 9.59 Å². The Balaban J connectivity index is 1.23. The lowest BCUT2D eigenvalue weighted by Gasteiger charge is -2.32. The topological polar surface area (TPSA) is 70.1 Å². The summed E-state index contributed by atoms with van der Waals surface area (Å²) >= 11 is 0. The van der Waals surface area contributed by atoms with Crippen LogP contribution in [0, 0.1) is 0 Å². The Hall–Kier alpha value is -3.38. The summed E-state index contributed by atoms with van der Waals surface area (Å²) in [7, 11) is 0. The Labute approximate surface area is 174 Å². The second kappa shape index (κ2) is 7.80. The largest absolute Gasteiger partial charge is 0.326 e. The number of piperidine rings is 1. The van der Waals surface area contributed by atoms with Crippen molar-refractivity contribution in [2.75, 3.05) is 25.0 Å². The molecule has 152 valence electrons. The molecule has 30 heavy (non-hydrogen) atoms. The lowest BCUT2D eigenvalue weighted by atomic mass is 10.0. The van der Waals surface area contributed by atoms with Crippen LogP contribution in [0.3, 0.4) is 0 Å². The molecule has 1 aliphatic rings. The van der Waals surface area contributed by atoms with Gasteiger partial charge in [0.1, 0.15) is 0 Å². The minimum Gasteiger partial charge on any atom is -0.324 e. The maximum absolute atomic E-state index is 12.7. The molecule has 0 saturated carbocycles. The number of aromatic amines is 1. The number of anilines is 1. The highest BCUT2D eigenvalue weighted by atomic mass is 16.2. The van der Waals surface area contributed by atoms with Crippen LogP contribution in [0.4, 0.5) is 5.69 Å². The van der Waals surface area contributed by atoms with Crippen LogP contribution in [-0.2, 0) is 4.79 Å². The van der Waals surface area contributed by atoms with Crippen LogP contribution in [-0.4, -0.2) is 40.0 Å². The number of para-hydroxylation sites is 2. The van der Waals surface area contributed by atoms with Crippen LogP contribution in [0.5, 0.6) is 0 Å². The molecule has 5 rings (SSSR count). The molecule has 4 aromatic rings. The number of carbonyl (C=O) groups excluding carboxylic acids is 1. The van der Waals surface area contributed by atoms with Gasteiger partial charge in [-0.3, -0.25) is 14.3 Å². The van der Waals surface area contributed by atoms with Crippen LogP contribution in [0.15, 0.2) is 71.5 Å². The SMILES string of the molecule is O=C(CN1CCC(n2c(=O)[nH]c3ccccc32)CC1)Nc1cccc2ccccc12. The average molecular weight is 400 g/mol. The first-order valence-electron chi connectivity index (χ1n) is 10.4. The van der Waals surface area contributed by atoms with E-state index >= 15 is 0 Å². The summed E-state index contributed by atoms with van der Waals surface area (Å²) in [5, 5.41) is 5.22.